The fourth-order valence-corrected chi connectivity index (χ4v) is 2.60. The van der Waals surface area contributed by atoms with E-state index in [-0.39, 0.29) is 12.2 Å². The summed E-state index contributed by atoms with van der Waals surface area (Å²) in [6.45, 7) is 0. The maximum absolute atomic E-state index is 12.2. The van der Waals surface area contributed by atoms with E-state index in [9.17, 15) is 4.79 Å². The highest BCUT2D eigenvalue weighted by atomic mass is 79.9. The van der Waals surface area contributed by atoms with Crippen molar-refractivity contribution in [3.05, 3.63) is 68.1 Å². The standard InChI is InChI=1S/C14H9BrCl2O/c15-12-4-2-1-3-11(12)14(18)7-9-5-6-10(16)8-13(9)17/h1-6,8H,7H2. The van der Waals surface area contributed by atoms with Crippen LogP contribution in [0.25, 0.3) is 0 Å². The Hall–Kier alpha value is -0.830. The first kappa shape index (κ1) is 13.6. The number of rotatable bonds is 3. The second-order valence-electron chi connectivity index (χ2n) is 3.82. The Morgan fingerprint density at radius 3 is 2.50 bits per heavy atom. The van der Waals surface area contributed by atoms with Crippen LogP contribution in [0.2, 0.25) is 10.0 Å². The zero-order chi connectivity index (χ0) is 13.1. The molecule has 0 N–H and O–H groups in total. The molecule has 0 aromatic heterocycles. The Labute approximate surface area is 124 Å². The molecule has 2 aromatic rings. The van der Waals surface area contributed by atoms with Crippen molar-refractivity contribution in [2.75, 3.05) is 0 Å². The van der Waals surface area contributed by atoms with Crippen LogP contribution in [-0.4, -0.2) is 5.78 Å². The van der Waals surface area contributed by atoms with Crippen LogP contribution < -0.4 is 0 Å². The van der Waals surface area contributed by atoms with Crippen LogP contribution in [-0.2, 0) is 6.42 Å². The predicted molar refractivity (Wildman–Crippen MR) is 78.6 cm³/mol. The van der Waals surface area contributed by atoms with E-state index in [4.69, 9.17) is 23.2 Å². The van der Waals surface area contributed by atoms with Gasteiger partial charge in [0.1, 0.15) is 0 Å². The molecule has 1 nitrogen and oxygen atoms in total. The summed E-state index contributed by atoms with van der Waals surface area (Å²) in [6, 6.07) is 12.5. The Kier molecular flexibility index (Phi) is 4.44. The van der Waals surface area contributed by atoms with Crippen molar-refractivity contribution in [1.82, 2.24) is 0 Å². The van der Waals surface area contributed by atoms with Gasteiger partial charge in [0.15, 0.2) is 5.78 Å². The Morgan fingerprint density at radius 1 is 1.11 bits per heavy atom. The highest BCUT2D eigenvalue weighted by Crippen LogP contribution is 2.24. The maximum atomic E-state index is 12.2. The lowest BCUT2D eigenvalue weighted by atomic mass is 10.0. The van der Waals surface area contributed by atoms with E-state index in [0.717, 1.165) is 10.0 Å². The largest absolute Gasteiger partial charge is 0.294 e. The highest BCUT2D eigenvalue weighted by Gasteiger charge is 2.12. The van der Waals surface area contributed by atoms with Gasteiger partial charge in [-0.25, -0.2) is 0 Å². The van der Waals surface area contributed by atoms with Crippen molar-refractivity contribution < 1.29 is 4.79 Å². The van der Waals surface area contributed by atoms with Gasteiger partial charge in [-0.2, -0.15) is 0 Å². The average Bonchev–Trinajstić information content (AvgIpc) is 2.33. The second-order valence-corrected chi connectivity index (χ2v) is 5.51. The summed E-state index contributed by atoms with van der Waals surface area (Å²) in [5.74, 6) is 0.0201. The minimum Gasteiger partial charge on any atom is -0.294 e. The molecule has 0 unspecified atom stereocenters. The minimum atomic E-state index is 0.0201. The first-order valence-electron chi connectivity index (χ1n) is 5.29. The molecule has 0 fully saturated rings. The zero-order valence-corrected chi connectivity index (χ0v) is 12.4. The van der Waals surface area contributed by atoms with Crippen LogP contribution in [0.1, 0.15) is 15.9 Å². The molecule has 4 heteroatoms. The van der Waals surface area contributed by atoms with Crippen LogP contribution >= 0.6 is 39.1 Å². The number of hydrogen-bond donors (Lipinski definition) is 0. The number of halogens is 3. The summed E-state index contributed by atoms with van der Waals surface area (Å²) in [6.07, 6.45) is 0.263. The topological polar surface area (TPSA) is 17.1 Å². The van der Waals surface area contributed by atoms with Gasteiger partial charge in [-0.1, -0.05) is 63.4 Å². The van der Waals surface area contributed by atoms with E-state index >= 15 is 0 Å². The second kappa shape index (κ2) is 5.87. The molecule has 0 radical (unpaired) electrons. The lowest BCUT2D eigenvalue weighted by molar-refractivity contribution is 0.0992. The van der Waals surface area contributed by atoms with Crippen molar-refractivity contribution in [3.63, 3.8) is 0 Å². The molecular weight excluding hydrogens is 335 g/mol. The Balaban J connectivity index is 2.24. The first-order valence-corrected chi connectivity index (χ1v) is 6.84. The monoisotopic (exact) mass is 342 g/mol. The fourth-order valence-electron chi connectivity index (χ4n) is 1.62. The average molecular weight is 344 g/mol. The molecule has 2 rings (SSSR count). The molecule has 0 heterocycles. The molecule has 92 valence electrons. The molecule has 0 spiro atoms. The predicted octanol–water partition coefficient (Wildman–Crippen LogP) is 5.18. The van der Waals surface area contributed by atoms with Gasteiger partial charge < -0.3 is 0 Å². The van der Waals surface area contributed by atoms with Gasteiger partial charge in [0, 0.05) is 26.5 Å². The van der Waals surface area contributed by atoms with Gasteiger partial charge in [-0.15, -0.1) is 0 Å². The molecule has 0 aliphatic heterocycles. The third kappa shape index (κ3) is 3.14. The summed E-state index contributed by atoms with van der Waals surface area (Å²) < 4.78 is 0.792. The normalized spacial score (nSPS) is 10.4. The summed E-state index contributed by atoms with van der Waals surface area (Å²) in [5, 5.41) is 1.08. The number of carbonyl (C=O) groups excluding carboxylic acids is 1. The van der Waals surface area contributed by atoms with E-state index in [1.54, 1.807) is 24.3 Å². The molecule has 18 heavy (non-hydrogen) atoms. The number of carbonyl (C=O) groups is 1. The third-order valence-corrected chi connectivity index (χ3v) is 3.82. The molecule has 0 saturated heterocycles. The van der Waals surface area contributed by atoms with Crippen LogP contribution in [0, 0.1) is 0 Å². The molecule has 0 atom stereocenters. The maximum Gasteiger partial charge on any atom is 0.168 e. The van der Waals surface area contributed by atoms with E-state index < -0.39 is 0 Å². The molecule has 0 aliphatic rings. The molecule has 0 aliphatic carbocycles. The van der Waals surface area contributed by atoms with Crippen LogP contribution in [0.15, 0.2) is 46.9 Å². The van der Waals surface area contributed by atoms with Crippen molar-refractivity contribution in [3.8, 4) is 0 Å². The lowest BCUT2D eigenvalue weighted by Gasteiger charge is -2.06. The number of ketones is 1. The molecule has 0 amide bonds. The van der Waals surface area contributed by atoms with Gasteiger partial charge >= 0.3 is 0 Å². The number of Topliss-reactive ketones (excluding diaryl/α,β-unsaturated/α-hetero) is 1. The Bertz CT molecular complexity index is 596. The molecular formula is C14H9BrCl2O. The van der Waals surface area contributed by atoms with Crippen molar-refractivity contribution in [2.45, 2.75) is 6.42 Å². The van der Waals surface area contributed by atoms with Crippen LogP contribution in [0.4, 0.5) is 0 Å². The van der Waals surface area contributed by atoms with Gasteiger partial charge in [0.2, 0.25) is 0 Å². The minimum absolute atomic E-state index is 0.0201. The van der Waals surface area contributed by atoms with Gasteiger partial charge in [-0.05, 0) is 23.8 Å². The third-order valence-electron chi connectivity index (χ3n) is 2.54. The SMILES string of the molecule is O=C(Cc1ccc(Cl)cc1Cl)c1ccccc1Br. The fraction of sp³-hybridized carbons (Fsp3) is 0.0714. The number of benzene rings is 2. The summed E-state index contributed by atoms with van der Waals surface area (Å²) in [4.78, 5) is 12.2. The van der Waals surface area contributed by atoms with Crippen LogP contribution in [0.5, 0.6) is 0 Å². The summed E-state index contributed by atoms with van der Waals surface area (Å²) in [5.41, 5.74) is 1.44. The van der Waals surface area contributed by atoms with E-state index in [1.165, 1.54) is 0 Å². The van der Waals surface area contributed by atoms with E-state index in [2.05, 4.69) is 15.9 Å². The van der Waals surface area contributed by atoms with E-state index in [1.807, 2.05) is 18.2 Å². The zero-order valence-electron chi connectivity index (χ0n) is 9.29. The molecule has 2 aromatic carbocycles. The summed E-state index contributed by atoms with van der Waals surface area (Å²) >= 11 is 15.2. The lowest BCUT2D eigenvalue weighted by Crippen LogP contribution is -2.04. The van der Waals surface area contributed by atoms with Crippen molar-refractivity contribution in [1.29, 1.82) is 0 Å². The molecule has 0 saturated carbocycles. The smallest absolute Gasteiger partial charge is 0.168 e. The first-order chi connectivity index (χ1) is 8.58. The van der Waals surface area contributed by atoms with Crippen molar-refractivity contribution in [2.24, 2.45) is 0 Å². The van der Waals surface area contributed by atoms with Gasteiger partial charge in [-0.3, -0.25) is 4.79 Å². The molecule has 0 bridgehead atoms. The van der Waals surface area contributed by atoms with Crippen LogP contribution in [0.3, 0.4) is 0 Å². The van der Waals surface area contributed by atoms with Crippen molar-refractivity contribution >= 4 is 44.9 Å². The van der Waals surface area contributed by atoms with E-state index in [0.29, 0.717) is 15.6 Å². The van der Waals surface area contributed by atoms with Gasteiger partial charge in [0.25, 0.3) is 0 Å². The highest BCUT2D eigenvalue weighted by molar-refractivity contribution is 9.10. The Morgan fingerprint density at radius 2 is 1.83 bits per heavy atom. The number of hydrogen-bond acceptors (Lipinski definition) is 1. The van der Waals surface area contributed by atoms with Gasteiger partial charge in [0.05, 0.1) is 0 Å². The quantitative estimate of drug-likeness (QED) is 0.701. The summed E-state index contributed by atoms with van der Waals surface area (Å²) in [7, 11) is 0.